The van der Waals surface area contributed by atoms with Crippen LogP contribution in [0.2, 0.25) is 0 Å². The molecule has 3 nitrogen and oxygen atoms in total. The Labute approximate surface area is 83.3 Å². The Hall–Kier alpha value is -1.23. The largest absolute Gasteiger partial charge is 0.478 e. The first-order valence-corrected chi connectivity index (χ1v) is 3.98. The van der Waals surface area contributed by atoms with Crippen LogP contribution in [0.4, 0.5) is 8.78 Å². The molecule has 0 saturated heterocycles. The highest BCUT2D eigenvalue weighted by Crippen LogP contribution is 2.31. The van der Waals surface area contributed by atoms with Crippen LogP contribution in [0.15, 0.2) is 12.1 Å². The van der Waals surface area contributed by atoms with Gasteiger partial charge >= 0.3 is 11.4 Å². The van der Waals surface area contributed by atoms with Gasteiger partial charge in [-0.3, -0.25) is 0 Å². The molecule has 76 valence electrons. The van der Waals surface area contributed by atoms with Gasteiger partial charge in [-0.2, -0.15) is 8.78 Å². The summed E-state index contributed by atoms with van der Waals surface area (Å²) in [5.41, 5.74) is -0.758. The molecule has 14 heavy (non-hydrogen) atoms. The first kappa shape index (κ1) is 10.8. The highest BCUT2D eigenvalue weighted by Gasteiger charge is 2.30. The van der Waals surface area contributed by atoms with Crippen molar-refractivity contribution in [3.05, 3.63) is 29.1 Å². The van der Waals surface area contributed by atoms with E-state index in [1.807, 2.05) is 0 Å². The number of halogens is 3. The van der Waals surface area contributed by atoms with E-state index in [0.29, 0.717) is 0 Å². The number of aromatic carboxylic acids is 1. The summed E-state index contributed by atoms with van der Waals surface area (Å²) in [7, 11) is 0. The smallest absolute Gasteiger partial charge is 0.364 e. The molecule has 0 aliphatic carbocycles. The molecule has 0 aliphatic heterocycles. The quantitative estimate of drug-likeness (QED) is 0.780. The molecule has 1 aromatic heterocycles. The molecule has 0 bridgehead atoms. The molecule has 0 atom stereocenters. The highest BCUT2D eigenvalue weighted by molar-refractivity contribution is 6.21. The van der Waals surface area contributed by atoms with Crippen LogP contribution >= 0.6 is 11.6 Å². The molecule has 0 aliphatic rings. The van der Waals surface area contributed by atoms with E-state index in [2.05, 4.69) is 4.98 Å². The third-order valence-corrected chi connectivity index (χ3v) is 1.80. The summed E-state index contributed by atoms with van der Waals surface area (Å²) in [6, 6.07) is 1.94. The Morgan fingerprint density at radius 1 is 1.57 bits per heavy atom. The zero-order chi connectivity index (χ0) is 10.9. The van der Waals surface area contributed by atoms with Gasteiger partial charge in [0.25, 0.3) is 0 Å². The van der Waals surface area contributed by atoms with Crippen LogP contribution in [0.3, 0.4) is 0 Å². The fourth-order valence-electron chi connectivity index (χ4n) is 0.945. The van der Waals surface area contributed by atoms with Gasteiger partial charge in [0.15, 0.2) is 0 Å². The molecule has 0 fully saturated rings. The minimum Gasteiger partial charge on any atom is -0.478 e. The van der Waals surface area contributed by atoms with Gasteiger partial charge in [0, 0.05) is 0 Å². The standard InChI is InChI=1S/C8H6ClF2NO2/c1-4-5(7(13)14)2-3-6(12-4)8(9,10)11/h2-3H,1H3,(H,13,14). The van der Waals surface area contributed by atoms with E-state index in [-0.39, 0.29) is 11.3 Å². The lowest BCUT2D eigenvalue weighted by Crippen LogP contribution is -2.10. The molecule has 1 heterocycles. The summed E-state index contributed by atoms with van der Waals surface area (Å²) in [5, 5.41) is 5.03. The van der Waals surface area contributed by atoms with Gasteiger partial charge in [-0.05, 0) is 30.7 Å². The van der Waals surface area contributed by atoms with Crippen LogP contribution in [-0.2, 0) is 5.38 Å². The Bertz CT molecular complexity index is 376. The lowest BCUT2D eigenvalue weighted by atomic mass is 10.2. The van der Waals surface area contributed by atoms with Crippen molar-refractivity contribution in [1.29, 1.82) is 0 Å². The number of aryl methyl sites for hydroxylation is 1. The molecule has 0 amide bonds. The molecular formula is C8H6ClF2NO2. The minimum absolute atomic E-state index is 0.00956. The Morgan fingerprint density at radius 2 is 2.14 bits per heavy atom. The van der Waals surface area contributed by atoms with Crippen LogP contribution in [0, 0.1) is 6.92 Å². The van der Waals surface area contributed by atoms with Gasteiger partial charge in [-0.25, -0.2) is 9.78 Å². The van der Waals surface area contributed by atoms with Gasteiger partial charge in [0.1, 0.15) is 5.69 Å². The number of carbonyl (C=O) groups is 1. The van der Waals surface area contributed by atoms with Gasteiger partial charge in [0.05, 0.1) is 11.3 Å². The number of rotatable bonds is 2. The molecular weight excluding hydrogens is 216 g/mol. The van der Waals surface area contributed by atoms with Crippen molar-refractivity contribution in [2.24, 2.45) is 0 Å². The predicted octanol–water partition coefficient (Wildman–Crippen LogP) is 2.38. The summed E-state index contributed by atoms with van der Waals surface area (Å²) < 4.78 is 25.0. The highest BCUT2D eigenvalue weighted by atomic mass is 35.5. The second-order valence-electron chi connectivity index (χ2n) is 2.63. The Morgan fingerprint density at radius 3 is 2.50 bits per heavy atom. The number of pyridine rings is 1. The van der Waals surface area contributed by atoms with E-state index in [4.69, 9.17) is 16.7 Å². The van der Waals surface area contributed by atoms with Crippen molar-refractivity contribution in [1.82, 2.24) is 4.98 Å². The van der Waals surface area contributed by atoms with Crippen LogP contribution in [0.5, 0.6) is 0 Å². The van der Waals surface area contributed by atoms with Gasteiger partial charge < -0.3 is 5.11 Å². The zero-order valence-electron chi connectivity index (χ0n) is 7.09. The Balaban J connectivity index is 3.20. The fraction of sp³-hybridized carbons (Fsp3) is 0.250. The van der Waals surface area contributed by atoms with Crippen LogP contribution in [0.25, 0.3) is 0 Å². The summed E-state index contributed by atoms with van der Waals surface area (Å²) >= 11 is 4.72. The van der Waals surface area contributed by atoms with Gasteiger partial charge in [0.2, 0.25) is 0 Å². The number of hydrogen-bond acceptors (Lipinski definition) is 2. The summed E-state index contributed by atoms with van der Waals surface area (Å²) in [6.07, 6.45) is 0. The first-order chi connectivity index (χ1) is 6.32. The van der Waals surface area contributed by atoms with Crippen LogP contribution in [0.1, 0.15) is 21.7 Å². The number of nitrogens with zero attached hydrogens (tertiary/aromatic N) is 1. The molecule has 0 unspecified atom stereocenters. The number of carboxylic acid groups (broad SMARTS) is 1. The van der Waals surface area contributed by atoms with Gasteiger partial charge in [-0.1, -0.05) is 0 Å². The third-order valence-electron chi connectivity index (χ3n) is 1.61. The van der Waals surface area contributed by atoms with Crippen molar-refractivity contribution in [3.63, 3.8) is 0 Å². The number of aromatic nitrogens is 1. The molecule has 1 N–H and O–H groups in total. The minimum atomic E-state index is -3.57. The maximum Gasteiger partial charge on any atom is 0.364 e. The maximum atomic E-state index is 12.5. The second-order valence-corrected chi connectivity index (χ2v) is 3.11. The third kappa shape index (κ3) is 2.17. The SMILES string of the molecule is Cc1nc(C(F)(F)Cl)ccc1C(=O)O. The average molecular weight is 222 g/mol. The van der Waals surface area contributed by atoms with Crippen molar-refractivity contribution < 1.29 is 18.7 Å². The Kier molecular flexibility index (Phi) is 2.71. The molecule has 0 radical (unpaired) electrons. The number of hydrogen-bond donors (Lipinski definition) is 1. The summed E-state index contributed by atoms with van der Waals surface area (Å²) in [6.45, 7) is 1.33. The van der Waals surface area contributed by atoms with Crippen LogP contribution in [-0.4, -0.2) is 16.1 Å². The first-order valence-electron chi connectivity index (χ1n) is 3.60. The topological polar surface area (TPSA) is 50.2 Å². The molecule has 0 aromatic carbocycles. The number of carboxylic acids is 1. The van der Waals surface area contributed by atoms with E-state index < -0.39 is 17.0 Å². The maximum absolute atomic E-state index is 12.5. The fourth-order valence-corrected chi connectivity index (χ4v) is 1.05. The lowest BCUT2D eigenvalue weighted by molar-refractivity contribution is 0.0692. The molecule has 6 heteroatoms. The molecule has 1 rings (SSSR count). The number of alkyl halides is 3. The normalized spacial score (nSPS) is 11.4. The average Bonchev–Trinajstić information content (AvgIpc) is 2.01. The van der Waals surface area contributed by atoms with E-state index in [9.17, 15) is 13.6 Å². The molecule has 1 aromatic rings. The van der Waals surface area contributed by atoms with Crippen molar-refractivity contribution in [2.45, 2.75) is 12.3 Å². The van der Waals surface area contributed by atoms with Crippen molar-refractivity contribution in [3.8, 4) is 0 Å². The van der Waals surface area contributed by atoms with E-state index in [1.54, 1.807) is 0 Å². The summed E-state index contributed by atoms with van der Waals surface area (Å²) in [5.74, 6) is -1.21. The van der Waals surface area contributed by atoms with E-state index >= 15 is 0 Å². The predicted molar refractivity (Wildman–Crippen MR) is 45.7 cm³/mol. The van der Waals surface area contributed by atoms with Crippen molar-refractivity contribution >= 4 is 17.6 Å². The van der Waals surface area contributed by atoms with E-state index in [1.165, 1.54) is 6.92 Å². The monoisotopic (exact) mass is 221 g/mol. The van der Waals surface area contributed by atoms with Crippen LogP contribution < -0.4 is 0 Å². The van der Waals surface area contributed by atoms with Gasteiger partial charge in [-0.15, -0.1) is 0 Å². The second kappa shape index (κ2) is 3.49. The van der Waals surface area contributed by atoms with E-state index in [0.717, 1.165) is 12.1 Å². The summed E-state index contributed by atoms with van der Waals surface area (Å²) in [4.78, 5) is 13.9. The lowest BCUT2D eigenvalue weighted by Gasteiger charge is -2.08. The zero-order valence-corrected chi connectivity index (χ0v) is 7.85. The van der Waals surface area contributed by atoms with Crippen molar-refractivity contribution in [2.75, 3.05) is 0 Å². The molecule has 0 spiro atoms. The molecule has 0 saturated carbocycles.